The molecule has 0 aliphatic carbocycles. The highest BCUT2D eigenvalue weighted by molar-refractivity contribution is 6.42. The number of nitrogens with zero attached hydrogens (tertiary/aromatic N) is 2. The van der Waals surface area contributed by atoms with Crippen LogP contribution in [0.3, 0.4) is 0 Å². The minimum Gasteiger partial charge on any atom is -0.385 e. The minimum absolute atomic E-state index is 0.348. The summed E-state index contributed by atoms with van der Waals surface area (Å²) in [6.07, 6.45) is 0.256. The van der Waals surface area contributed by atoms with Crippen LogP contribution in [-0.4, -0.2) is 9.67 Å². The molecule has 0 amide bonds. The first-order valence-electron chi connectivity index (χ1n) is 7.92. The van der Waals surface area contributed by atoms with E-state index < -0.39 is 6.10 Å². The molecule has 24 heavy (non-hydrogen) atoms. The quantitative estimate of drug-likeness (QED) is 0.673. The van der Waals surface area contributed by atoms with Gasteiger partial charge in [-0.05, 0) is 36.2 Å². The van der Waals surface area contributed by atoms with Crippen LogP contribution < -0.4 is 10.3 Å². The lowest BCUT2D eigenvalue weighted by Crippen LogP contribution is -2.39. The summed E-state index contributed by atoms with van der Waals surface area (Å²) < 4.78 is 4.02. The number of hydrogen-bond donors (Lipinski definition) is 2. The van der Waals surface area contributed by atoms with Crippen molar-refractivity contribution in [2.75, 3.05) is 5.73 Å². The van der Waals surface area contributed by atoms with Gasteiger partial charge in [0.15, 0.2) is 0 Å². The van der Waals surface area contributed by atoms with Crippen molar-refractivity contribution in [3.05, 3.63) is 58.1 Å². The Balaban J connectivity index is 2.00. The number of aliphatic hydroxyl groups is 1. The molecule has 2 aromatic carbocycles. The van der Waals surface area contributed by atoms with E-state index in [0.29, 0.717) is 28.1 Å². The van der Waals surface area contributed by atoms with Gasteiger partial charge in [0.25, 0.3) is 0 Å². The molecule has 0 saturated heterocycles. The average Bonchev–Trinajstić information content (AvgIpc) is 2.83. The number of benzene rings is 2. The zero-order chi connectivity index (χ0) is 17.3. The fourth-order valence-electron chi connectivity index (χ4n) is 2.96. The Hall–Kier alpha value is -1.75. The van der Waals surface area contributed by atoms with Crippen LogP contribution in [0.2, 0.25) is 10.0 Å². The molecule has 3 aromatic rings. The molecule has 0 fully saturated rings. The van der Waals surface area contributed by atoms with Crippen molar-refractivity contribution in [1.82, 2.24) is 4.57 Å². The molecule has 1 heterocycles. The molecule has 3 rings (SSSR count). The number of hydrogen-bond acceptors (Lipinski definition) is 2. The number of imidazole rings is 1. The number of aryl methyl sites for hydroxylation is 1. The number of fused-ring (bicyclic) bond motifs is 1. The summed E-state index contributed by atoms with van der Waals surface area (Å²) >= 11 is 12.0. The number of aliphatic hydroxyl groups excluding tert-OH is 1. The van der Waals surface area contributed by atoms with E-state index in [1.54, 1.807) is 18.2 Å². The van der Waals surface area contributed by atoms with E-state index in [4.69, 9.17) is 28.9 Å². The molecular formula is C18H20Cl2N3O+. The van der Waals surface area contributed by atoms with Gasteiger partial charge in [0, 0.05) is 0 Å². The van der Waals surface area contributed by atoms with Crippen molar-refractivity contribution >= 4 is 40.2 Å². The molecule has 0 saturated carbocycles. The summed E-state index contributed by atoms with van der Waals surface area (Å²) in [6, 6.07) is 13.2. The average molecular weight is 365 g/mol. The van der Waals surface area contributed by atoms with Crippen molar-refractivity contribution < 1.29 is 9.67 Å². The largest absolute Gasteiger partial charge is 0.385 e. The smallest absolute Gasteiger partial charge is 0.356 e. The van der Waals surface area contributed by atoms with E-state index in [9.17, 15) is 5.11 Å². The molecule has 1 aromatic heterocycles. The molecule has 3 N–H and O–H groups in total. The molecular weight excluding hydrogens is 345 g/mol. The van der Waals surface area contributed by atoms with Gasteiger partial charge in [-0.25, -0.2) is 9.13 Å². The van der Waals surface area contributed by atoms with Crippen LogP contribution in [0.4, 0.5) is 5.95 Å². The van der Waals surface area contributed by atoms with E-state index in [0.717, 1.165) is 24.0 Å². The molecule has 0 aliphatic heterocycles. The number of halogens is 2. The van der Waals surface area contributed by atoms with Crippen LogP contribution >= 0.6 is 23.2 Å². The Kier molecular flexibility index (Phi) is 4.99. The Morgan fingerprint density at radius 3 is 2.62 bits per heavy atom. The maximum Gasteiger partial charge on any atom is 0.356 e. The second-order valence-corrected chi connectivity index (χ2v) is 6.61. The van der Waals surface area contributed by atoms with Crippen LogP contribution in [-0.2, 0) is 13.1 Å². The lowest BCUT2D eigenvalue weighted by molar-refractivity contribution is -0.666. The molecule has 126 valence electrons. The second kappa shape index (κ2) is 7.01. The zero-order valence-electron chi connectivity index (χ0n) is 13.4. The predicted molar refractivity (Wildman–Crippen MR) is 98.3 cm³/mol. The molecule has 0 aliphatic rings. The van der Waals surface area contributed by atoms with E-state index >= 15 is 0 Å². The third kappa shape index (κ3) is 3.09. The summed E-state index contributed by atoms with van der Waals surface area (Å²) in [5.74, 6) is 0.636. The Morgan fingerprint density at radius 1 is 1.17 bits per heavy atom. The number of nitrogens with two attached hydrogens (primary N) is 1. The molecule has 1 unspecified atom stereocenters. The third-order valence-corrected chi connectivity index (χ3v) is 4.89. The highest BCUT2D eigenvalue weighted by atomic mass is 35.5. The summed E-state index contributed by atoms with van der Waals surface area (Å²) in [7, 11) is 0. The lowest BCUT2D eigenvalue weighted by atomic mass is 10.1. The summed E-state index contributed by atoms with van der Waals surface area (Å²) in [4.78, 5) is 0. The van der Waals surface area contributed by atoms with Crippen molar-refractivity contribution in [2.45, 2.75) is 32.5 Å². The Morgan fingerprint density at radius 2 is 1.92 bits per heavy atom. The van der Waals surface area contributed by atoms with Gasteiger partial charge >= 0.3 is 5.95 Å². The van der Waals surface area contributed by atoms with Crippen molar-refractivity contribution in [3.63, 3.8) is 0 Å². The van der Waals surface area contributed by atoms with Gasteiger partial charge in [0.2, 0.25) is 0 Å². The van der Waals surface area contributed by atoms with Gasteiger partial charge in [-0.2, -0.15) is 0 Å². The van der Waals surface area contributed by atoms with Gasteiger partial charge in [-0.3, -0.25) is 5.73 Å². The molecule has 0 radical (unpaired) electrons. The van der Waals surface area contributed by atoms with Crippen molar-refractivity contribution in [2.24, 2.45) is 0 Å². The minimum atomic E-state index is -0.729. The van der Waals surface area contributed by atoms with Gasteiger partial charge < -0.3 is 5.11 Å². The van der Waals surface area contributed by atoms with E-state index in [-0.39, 0.29) is 0 Å². The van der Waals surface area contributed by atoms with Crippen LogP contribution in [0, 0.1) is 0 Å². The van der Waals surface area contributed by atoms with E-state index in [1.165, 1.54) is 0 Å². The van der Waals surface area contributed by atoms with Crippen molar-refractivity contribution in [3.8, 4) is 0 Å². The number of anilines is 1. The topological polar surface area (TPSA) is 55.1 Å². The molecule has 4 nitrogen and oxygen atoms in total. The maximum atomic E-state index is 10.6. The first-order valence-corrected chi connectivity index (χ1v) is 8.68. The van der Waals surface area contributed by atoms with Crippen molar-refractivity contribution in [1.29, 1.82) is 0 Å². The molecule has 1 atom stereocenters. The van der Waals surface area contributed by atoms with Crippen LogP contribution in [0.1, 0.15) is 25.0 Å². The van der Waals surface area contributed by atoms with Gasteiger partial charge in [-0.1, -0.05) is 48.3 Å². The fourth-order valence-corrected chi connectivity index (χ4v) is 3.27. The highest BCUT2D eigenvalue weighted by Gasteiger charge is 2.23. The van der Waals surface area contributed by atoms with Gasteiger partial charge in [-0.15, -0.1) is 0 Å². The third-order valence-electron chi connectivity index (χ3n) is 4.15. The standard InChI is InChI=1S/C18H19Cl2N3O/c1-2-9-22-15-5-3-4-6-16(15)23(18(22)21)11-17(24)12-7-8-13(19)14(20)10-12/h3-8,10,17,21,24H,2,9,11H2,1H3/p+1. The molecule has 0 bridgehead atoms. The SMILES string of the molecule is CCCn1c(N)[n+](CC(O)c2ccc(Cl)c(Cl)c2)c2ccccc21. The van der Waals surface area contributed by atoms with E-state index in [2.05, 4.69) is 11.5 Å². The maximum absolute atomic E-state index is 10.6. The molecule has 6 heteroatoms. The predicted octanol–water partition coefficient (Wildman–Crippen LogP) is 3.96. The van der Waals surface area contributed by atoms with Crippen LogP contribution in [0.15, 0.2) is 42.5 Å². The number of nitrogen functional groups attached to an aromatic ring is 1. The Bertz CT molecular complexity index is 876. The van der Waals surface area contributed by atoms with Gasteiger partial charge in [0.05, 0.1) is 16.6 Å². The van der Waals surface area contributed by atoms with Gasteiger partial charge in [0.1, 0.15) is 23.7 Å². The Labute approximate surface area is 151 Å². The first-order chi connectivity index (χ1) is 11.5. The second-order valence-electron chi connectivity index (χ2n) is 5.80. The summed E-state index contributed by atoms with van der Waals surface area (Å²) in [6.45, 7) is 3.30. The number of aromatic nitrogens is 2. The fraction of sp³-hybridized carbons (Fsp3) is 0.278. The number of para-hydroxylation sites is 2. The van der Waals surface area contributed by atoms with Crippen LogP contribution in [0.25, 0.3) is 11.0 Å². The molecule has 0 spiro atoms. The summed E-state index contributed by atoms with van der Waals surface area (Å²) in [5, 5.41) is 11.5. The lowest BCUT2D eigenvalue weighted by Gasteiger charge is -2.11. The first kappa shape index (κ1) is 17.1. The van der Waals surface area contributed by atoms with E-state index in [1.807, 2.05) is 28.8 Å². The summed E-state index contributed by atoms with van der Waals surface area (Å²) in [5.41, 5.74) is 9.13. The van der Waals surface area contributed by atoms with Crippen LogP contribution in [0.5, 0.6) is 0 Å². The zero-order valence-corrected chi connectivity index (χ0v) is 14.9. The normalized spacial score (nSPS) is 12.7. The number of rotatable bonds is 5. The monoisotopic (exact) mass is 364 g/mol. The highest BCUT2D eigenvalue weighted by Crippen LogP contribution is 2.26.